The van der Waals surface area contributed by atoms with Crippen LogP contribution in [0.1, 0.15) is 40.0 Å². The molecule has 0 aliphatic heterocycles. The molecule has 0 amide bonds. The van der Waals surface area contributed by atoms with Crippen LogP contribution in [-0.2, 0) is 0 Å². The summed E-state index contributed by atoms with van der Waals surface area (Å²) in [7, 11) is 0. The molecule has 0 spiro atoms. The predicted molar refractivity (Wildman–Crippen MR) is 45.1 cm³/mol. The molecule has 1 aliphatic carbocycles. The molecule has 1 N–H and O–H groups in total. The van der Waals surface area contributed by atoms with E-state index in [1.165, 1.54) is 19.3 Å². The quantitative estimate of drug-likeness (QED) is 0.632. The summed E-state index contributed by atoms with van der Waals surface area (Å²) in [6.07, 6.45) is 4.34. The van der Waals surface area contributed by atoms with E-state index < -0.39 is 0 Å². The fourth-order valence-electron chi connectivity index (χ4n) is 1.49. The van der Waals surface area contributed by atoms with Crippen molar-refractivity contribution < 1.29 is 0 Å². The molecular weight excluding hydrogens is 122 g/mol. The zero-order valence-electron chi connectivity index (χ0n) is 7.35. The molecule has 0 bridgehead atoms. The Kier molecular flexibility index (Phi) is 2.72. The summed E-state index contributed by atoms with van der Waals surface area (Å²) in [5.74, 6) is 1.06. The first-order chi connectivity index (χ1) is 4.68. The maximum absolute atomic E-state index is 3.51. The number of nitrogens with one attached hydrogen (secondary N) is 1. The molecule has 1 rings (SSSR count). The molecule has 0 radical (unpaired) electrons. The van der Waals surface area contributed by atoms with Crippen LogP contribution in [0.15, 0.2) is 0 Å². The maximum Gasteiger partial charge on any atom is 0.00437 e. The highest BCUT2D eigenvalue weighted by Gasteiger charge is 2.23. The summed E-state index contributed by atoms with van der Waals surface area (Å²) in [4.78, 5) is 0. The smallest absolute Gasteiger partial charge is 0.00437 e. The van der Waals surface area contributed by atoms with Gasteiger partial charge in [0.05, 0.1) is 0 Å². The van der Waals surface area contributed by atoms with E-state index in [-0.39, 0.29) is 0 Å². The van der Waals surface area contributed by atoms with E-state index in [1.54, 1.807) is 0 Å². The Morgan fingerprint density at radius 3 is 2.30 bits per heavy atom. The van der Waals surface area contributed by atoms with Crippen LogP contribution < -0.4 is 5.32 Å². The Morgan fingerprint density at radius 2 is 1.90 bits per heavy atom. The van der Waals surface area contributed by atoms with E-state index in [2.05, 4.69) is 26.1 Å². The lowest BCUT2D eigenvalue weighted by Gasteiger charge is -2.15. The van der Waals surface area contributed by atoms with Crippen LogP contribution in [0, 0.1) is 5.92 Å². The molecule has 10 heavy (non-hydrogen) atoms. The summed E-state index contributed by atoms with van der Waals surface area (Å²) >= 11 is 0. The summed E-state index contributed by atoms with van der Waals surface area (Å²) in [6, 6.07) is 1.38. The molecular formula is C9H19N. The first-order valence-corrected chi connectivity index (χ1v) is 4.44. The van der Waals surface area contributed by atoms with Gasteiger partial charge in [-0.25, -0.2) is 0 Å². The second-order valence-corrected chi connectivity index (χ2v) is 3.90. The Hall–Kier alpha value is -0.0400. The standard InChI is InChI=1S/C9H19N/c1-7(2)10-8(3)6-9-4-5-9/h7-10H,4-6H2,1-3H3/t8-/m1/s1. The molecule has 1 saturated carbocycles. The van der Waals surface area contributed by atoms with Crippen molar-refractivity contribution in [2.45, 2.75) is 52.1 Å². The van der Waals surface area contributed by atoms with Crippen LogP contribution in [0.4, 0.5) is 0 Å². The molecule has 1 fully saturated rings. The van der Waals surface area contributed by atoms with Crippen LogP contribution in [0.5, 0.6) is 0 Å². The monoisotopic (exact) mass is 141 g/mol. The van der Waals surface area contributed by atoms with Gasteiger partial charge in [0, 0.05) is 12.1 Å². The zero-order valence-corrected chi connectivity index (χ0v) is 7.35. The van der Waals surface area contributed by atoms with Crippen molar-refractivity contribution in [2.75, 3.05) is 0 Å². The van der Waals surface area contributed by atoms with Gasteiger partial charge in [-0.2, -0.15) is 0 Å². The van der Waals surface area contributed by atoms with E-state index in [0.717, 1.165) is 12.0 Å². The van der Waals surface area contributed by atoms with Gasteiger partial charge < -0.3 is 5.32 Å². The molecule has 0 aromatic carbocycles. The second kappa shape index (κ2) is 3.38. The Labute approximate surface area is 64.2 Å². The van der Waals surface area contributed by atoms with Crippen molar-refractivity contribution in [3.8, 4) is 0 Å². The highest BCUT2D eigenvalue weighted by molar-refractivity contribution is 4.78. The van der Waals surface area contributed by atoms with Gasteiger partial charge in [-0.3, -0.25) is 0 Å². The highest BCUT2D eigenvalue weighted by Crippen LogP contribution is 2.33. The summed E-state index contributed by atoms with van der Waals surface area (Å²) in [5, 5.41) is 3.51. The summed E-state index contributed by atoms with van der Waals surface area (Å²) < 4.78 is 0. The van der Waals surface area contributed by atoms with Crippen molar-refractivity contribution in [3.63, 3.8) is 0 Å². The van der Waals surface area contributed by atoms with Crippen molar-refractivity contribution in [2.24, 2.45) is 5.92 Å². The van der Waals surface area contributed by atoms with Crippen LogP contribution in [0.2, 0.25) is 0 Å². The molecule has 1 nitrogen and oxygen atoms in total. The molecule has 0 aromatic heterocycles. The molecule has 1 heteroatoms. The minimum Gasteiger partial charge on any atom is -0.312 e. The molecule has 0 aromatic rings. The lowest BCUT2D eigenvalue weighted by atomic mass is 10.1. The van der Waals surface area contributed by atoms with Gasteiger partial charge in [0.1, 0.15) is 0 Å². The first-order valence-electron chi connectivity index (χ1n) is 4.44. The third kappa shape index (κ3) is 3.21. The summed E-state index contributed by atoms with van der Waals surface area (Å²) in [5.41, 5.74) is 0. The second-order valence-electron chi connectivity index (χ2n) is 3.90. The minimum atomic E-state index is 0.647. The number of hydrogen-bond donors (Lipinski definition) is 1. The molecule has 0 unspecified atom stereocenters. The van der Waals surface area contributed by atoms with Crippen LogP contribution in [0.3, 0.4) is 0 Å². The van der Waals surface area contributed by atoms with Crippen molar-refractivity contribution in [3.05, 3.63) is 0 Å². The Morgan fingerprint density at radius 1 is 1.30 bits per heavy atom. The predicted octanol–water partition coefficient (Wildman–Crippen LogP) is 2.17. The topological polar surface area (TPSA) is 12.0 Å². The fourth-order valence-corrected chi connectivity index (χ4v) is 1.49. The minimum absolute atomic E-state index is 0.647. The van der Waals surface area contributed by atoms with Crippen molar-refractivity contribution in [1.29, 1.82) is 0 Å². The SMILES string of the molecule is CC(C)N[C@H](C)CC1CC1. The third-order valence-electron chi connectivity index (χ3n) is 2.00. The van der Waals surface area contributed by atoms with Gasteiger partial charge in [0.15, 0.2) is 0 Å². The Balaban J connectivity index is 2.02. The average molecular weight is 141 g/mol. The van der Waals surface area contributed by atoms with Crippen LogP contribution in [0.25, 0.3) is 0 Å². The van der Waals surface area contributed by atoms with E-state index in [1.807, 2.05) is 0 Å². The Bertz CT molecular complexity index is 90.9. The van der Waals surface area contributed by atoms with E-state index in [4.69, 9.17) is 0 Å². The maximum atomic E-state index is 3.51. The largest absolute Gasteiger partial charge is 0.312 e. The molecule has 1 atom stereocenters. The average Bonchev–Trinajstić information content (AvgIpc) is 2.46. The number of rotatable bonds is 4. The lowest BCUT2D eigenvalue weighted by Crippen LogP contribution is -2.32. The molecule has 0 saturated heterocycles. The summed E-state index contributed by atoms with van der Waals surface area (Å²) in [6.45, 7) is 6.71. The molecule has 60 valence electrons. The normalized spacial score (nSPS) is 21.6. The highest BCUT2D eigenvalue weighted by atomic mass is 14.9. The van der Waals surface area contributed by atoms with Crippen LogP contribution >= 0.6 is 0 Å². The fraction of sp³-hybridized carbons (Fsp3) is 1.00. The lowest BCUT2D eigenvalue weighted by molar-refractivity contribution is 0.447. The molecule has 1 aliphatic rings. The van der Waals surface area contributed by atoms with Crippen molar-refractivity contribution in [1.82, 2.24) is 5.32 Å². The van der Waals surface area contributed by atoms with Gasteiger partial charge in [-0.05, 0) is 19.3 Å². The third-order valence-corrected chi connectivity index (χ3v) is 2.00. The van der Waals surface area contributed by atoms with E-state index in [0.29, 0.717) is 6.04 Å². The first kappa shape index (κ1) is 8.06. The van der Waals surface area contributed by atoms with Crippen molar-refractivity contribution >= 4 is 0 Å². The van der Waals surface area contributed by atoms with Crippen LogP contribution in [-0.4, -0.2) is 12.1 Å². The van der Waals surface area contributed by atoms with E-state index >= 15 is 0 Å². The van der Waals surface area contributed by atoms with Gasteiger partial charge in [-0.15, -0.1) is 0 Å². The van der Waals surface area contributed by atoms with Gasteiger partial charge in [0.25, 0.3) is 0 Å². The van der Waals surface area contributed by atoms with Gasteiger partial charge in [0.2, 0.25) is 0 Å². The van der Waals surface area contributed by atoms with Gasteiger partial charge in [-0.1, -0.05) is 26.7 Å². The van der Waals surface area contributed by atoms with Gasteiger partial charge >= 0.3 is 0 Å². The van der Waals surface area contributed by atoms with E-state index in [9.17, 15) is 0 Å². The number of hydrogen-bond acceptors (Lipinski definition) is 1. The molecule has 0 heterocycles. The zero-order chi connectivity index (χ0) is 7.56.